The number of nitrogens with zero attached hydrogens (tertiary/aromatic N) is 2. The highest BCUT2D eigenvalue weighted by Gasteiger charge is 2.11. The number of aromatic amines is 2. The van der Waals surface area contributed by atoms with Crippen molar-refractivity contribution in [2.45, 2.75) is 0 Å². The van der Waals surface area contributed by atoms with E-state index in [1.165, 1.54) is 12.1 Å². The van der Waals surface area contributed by atoms with Crippen molar-refractivity contribution in [3.05, 3.63) is 46.5 Å². The molecular weight excluding hydrogens is 236 g/mol. The van der Waals surface area contributed by atoms with Gasteiger partial charge in [0.2, 0.25) is 0 Å². The predicted octanol–water partition coefficient (Wildman–Crippen LogP) is 0.716. The molecule has 0 aliphatic rings. The average molecular weight is 244 g/mol. The molecule has 7 heteroatoms. The Kier molecular flexibility index (Phi) is 2.06. The summed E-state index contributed by atoms with van der Waals surface area (Å²) in [7, 11) is 0. The summed E-state index contributed by atoms with van der Waals surface area (Å²) in [5, 5.41) is 11.3. The van der Waals surface area contributed by atoms with Crippen LogP contribution in [-0.2, 0) is 0 Å². The summed E-state index contributed by atoms with van der Waals surface area (Å²) in [6.45, 7) is 0. The highest BCUT2D eigenvalue weighted by molar-refractivity contribution is 5.86. The second kappa shape index (κ2) is 3.59. The smallest absolute Gasteiger partial charge is 0.353 e. The van der Waals surface area contributed by atoms with Crippen molar-refractivity contribution < 1.29 is 9.90 Å². The van der Waals surface area contributed by atoms with Crippen LogP contribution in [0.15, 0.2) is 35.3 Å². The number of carbonyl (C=O) groups is 1. The van der Waals surface area contributed by atoms with E-state index >= 15 is 0 Å². The zero-order chi connectivity index (χ0) is 12.7. The number of aromatic carboxylic acids is 1. The Hall–Kier alpha value is -2.83. The number of hydrogen-bond donors (Lipinski definition) is 3. The van der Waals surface area contributed by atoms with E-state index in [-0.39, 0.29) is 16.9 Å². The van der Waals surface area contributed by atoms with Gasteiger partial charge >= 0.3 is 5.97 Å². The molecule has 3 heterocycles. The van der Waals surface area contributed by atoms with Crippen LogP contribution in [0, 0.1) is 0 Å². The highest BCUT2D eigenvalue weighted by Crippen LogP contribution is 2.13. The summed E-state index contributed by atoms with van der Waals surface area (Å²) < 4.78 is 1.09. The summed E-state index contributed by atoms with van der Waals surface area (Å²) in [6.07, 6.45) is 1.72. The molecule has 0 spiro atoms. The Balaban J connectivity index is 2.27. The molecule has 3 aromatic rings. The Morgan fingerprint density at radius 1 is 1.39 bits per heavy atom. The molecule has 0 aliphatic heterocycles. The highest BCUT2D eigenvalue weighted by atomic mass is 16.4. The summed E-state index contributed by atoms with van der Waals surface area (Å²) in [6, 6.07) is 6.22. The fourth-order valence-corrected chi connectivity index (χ4v) is 1.73. The van der Waals surface area contributed by atoms with Gasteiger partial charge in [0.25, 0.3) is 5.56 Å². The van der Waals surface area contributed by atoms with Crippen molar-refractivity contribution in [1.29, 1.82) is 0 Å². The fraction of sp³-hybridized carbons (Fsp3) is 0. The normalized spacial score (nSPS) is 10.9. The van der Waals surface area contributed by atoms with E-state index < -0.39 is 5.97 Å². The minimum atomic E-state index is -1.14. The second-order valence-corrected chi connectivity index (χ2v) is 3.73. The Morgan fingerprint density at radius 3 is 2.89 bits per heavy atom. The molecule has 0 unspecified atom stereocenters. The van der Waals surface area contributed by atoms with Crippen LogP contribution >= 0.6 is 0 Å². The first-order valence-electron chi connectivity index (χ1n) is 5.15. The van der Waals surface area contributed by atoms with Gasteiger partial charge in [0.05, 0.1) is 11.4 Å². The van der Waals surface area contributed by atoms with Crippen molar-refractivity contribution in [3.8, 4) is 11.4 Å². The van der Waals surface area contributed by atoms with Crippen molar-refractivity contribution in [1.82, 2.24) is 19.6 Å². The standard InChI is InChI=1S/C11H8N4O3/c16-10-5-7(6-2-1-3-12-6)13-9-4-8(11(17)18)14-15(9)10/h1-5,12,14H,(H,17,18). The van der Waals surface area contributed by atoms with Crippen LogP contribution in [0.1, 0.15) is 10.5 Å². The molecule has 3 rings (SSSR count). The maximum atomic E-state index is 11.8. The van der Waals surface area contributed by atoms with Crippen LogP contribution in [0.5, 0.6) is 0 Å². The molecule has 0 radical (unpaired) electrons. The largest absolute Gasteiger partial charge is 0.477 e. The number of hydrogen-bond acceptors (Lipinski definition) is 3. The van der Waals surface area contributed by atoms with Crippen molar-refractivity contribution in [3.63, 3.8) is 0 Å². The number of aromatic nitrogens is 4. The summed E-state index contributed by atoms with van der Waals surface area (Å²) in [5.41, 5.74) is 0.999. The number of H-pyrrole nitrogens is 2. The van der Waals surface area contributed by atoms with Gasteiger partial charge in [-0.25, -0.2) is 14.3 Å². The zero-order valence-corrected chi connectivity index (χ0v) is 9.04. The van der Waals surface area contributed by atoms with Crippen LogP contribution in [0.3, 0.4) is 0 Å². The van der Waals surface area contributed by atoms with Crippen molar-refractivity contribution in [2.24, 2.45) is 0 Å². The number of fused-ring (bicyclic) bond motifs is 1. The van der Waals surface area contributed by atoms with Crippen LogP contribution in [-0.4, -0.2) is 30.7 Å². The van der Waals surface area contributed by atoms with Gasteiger partial charge in [-0.3, -0.25) is 9.89 Å². The summed E-state index contributed by atoms with van der Waals surface area (Å²) in [5.74, 6) is -1.14. The molecule has 3 N–H and O–H groups in total. The third-order valence-corrected chi connectivity index (χ3v) is 2.55. The van der Waals surface area contributed by atoms with E-state index in [0.29, 0.717) is 11.4 Å². The minimum Gasteiger partial charge on any atom is -0.477 e. The van der Waals surface area contributed by atoms with Gasteiger partial charge in [0.1, 0.15) is 5.69 Å². The SMILES string of the molecule is O=C(O)c1cc2nc(-c3ccc[nH]3)cc(=O)n2[nH]1. The van der Waals surface area contributed by atoms with Gasteiger partial charge in [-0.15, -0.1) is 0 Å². The first-order chi connectivity index (χ1) is 8.65. The molecule has 18 heavy (non-hydrogen) atoms. The molecule has 0 fully saturated rings. The number of nitrogens with one attached hydrogen (secondary N) is 2. The first kappa shape index (κ1) is 10.3. The van der Waals surface area contributed by atoms with E-state index in [2.05, 4.69) is 15.1 Å². The van der Waals surface area contributed by atoms with E-state index in [9.17, 15) is 9.59 Å². The maximum Gasteiger partial charge on any atom is 0.353 e. The van der Waals surface area contributed by atoms with E-state index in [1.54, 1.807) is 18.3 Å². The lowest BCUT2D eigenvalue weighted by Crippen LogP contribution is -2.14. The molecule has 0 saturated heterocycles. The lowest BCUT2D eigenvalue weighted by atomic mass is 10.3. The molecule has 0 saturated carbocycles. The summed E-state index contributed by atoms with van der Waals surface area (Å²) >= 11 is 0. The van der Waals surface area contributed by atoms with Gasteiger partial charge in [0.15, 0.2) is 5.65 Å². The summed E-state index contributed by atoms with van der Waals surface area (Å²) in [4.78, 5) is 29.8. The van der Waals surface area contributed by atoms with E-state index in [0.717, 1.165) is 4.52 Å². The topological polar surface area (TPSA) is 103 Å². The maximum absolute atomic E-state index is 11.8. The molecular formula is C11H8N4O3. The second-order valence-electron chi connectivity index (χ2n) is 3.73. The third-order valence-electron chi connectivity index (χ3n) is 2.55. The number of rotatable bonds is 2. The van der Waals surface area contributed by atoms with Gasteiger partial charge < -0.3 is 10.1 Å². The zero-order valence-electron chi connectivity index (χ0n) is 9.04. The minimum absolute atomic E-state index is 0.0803. The van der Waals surface area contributed by atoms with E-state index in [4.69, 9.17) is 5.11 Å². The third kappa shape index (κ3) is 1.49. The molecule has 90 valence electrons. The Bertz CT molecular complexity index is 782. The van der Waals surface area contributed by atoms with Crippen LogP contribution in [0.2, 0.25) is 0 Å². The van der Waals surface area contributed by atoms with Gasteiger partial charge in [0, 0.05) is 18.3 Å². The number of carboxylic acid groups (broad SMARTS) is 1. The molecule has 0 amide bonds. The van der Waals surface area contributed by atoms with Crippen molar-refractivity contribution in [2.75, 3.05) is 0 Å². The monoisotopic (exact) mass is 244 g/mol. The molecule has 0 aliphatic carbocycles. The first-order valence-corrected chi connectivity index (χ1v) is 5.15. The Labute approximate surface area is 99.7 Å². The molecule has 0 atom stereocenters. The quantitative estimate of drug-likeness (QED) is 0.617. The lowest BCUT2D eigenvalue weighted by molar-refractivity contribution is 0.0690. The molecule has 0 bridgehead atoms. The van der Waals surface area contributed by atoms with Gasteiger partial charge in [-0.05, 0) is 12.1 Å². The lowest BCUT2D eigenvalue weighted by Gasteiger charge is -1.97. The van der Waals surface area contributed by atoms with Gasteiger partial charge in [-0.1, -0.05) is 0 Å². The molecule has 7 nitrogen and oxygen atoms in total. The predicted molar refractivity (Wildman–Crippen MR) is 62.6 cm³/mol. The fourth-order valence-electron chi connectivity index (χ4n) is 1.73. The van der Waals surface area contributed by atoms with Crippen LogP contribution < -0.4 is 5.56 Å². The van der Waals surface area contributed by atoms with Crippen LogP contribution in [0.25, 0.3) is 17.0 Å². The molecule has 3 aromatic heterocycles. The van der Waals surface area contributed by atoms with E-state index in [1.807, 2.05) is 0 Å². The van der Waals surface area contributed by atoms with Crippen molar-refractivity contribution >= 4 is 11.6 Å². The van der Waals surface area contributed by atoms with Gasteiger partial charge in [-0.2, -0.15) is 0 Å². The Morgan fingerprint density at radius 2 is 2.22 bits per heavy atom. The molecule has 0 aromatic carbocycles. The number of carboxylic acids is 1. The van der Waals surface area contributed by atoms with Crippen LogP contribution in [0.4, 0.5) is 0 Å². The average Bonchev–Trinajstić information content (AvgIpc) is 2.97.